The molecule has 0 bridgehead atoms. The Bertz CT molecular complexity index is 1110. The smallest absolute Gasteiger partial charge is 0.338 e. The summed E-state index contributed by atoms with van der Waals surface area (Å²) in [7, 11) is -3.61. The van der Waals surface area contributed by atoms with Gasteiger partial charge in [0.05, 0.1) is 10.5 Å². The summed E-state index contributed by atoms with van der Waals surface area (Å²) < 4.78 is 32.5. The second kappa shape index (κ2) is 10.6. The Labute approximate surface area is 200 Å². The molecule has 1 atom stereocenters. The summed E-state index contributed by atoms with van der Waals surface area (Å²) >= 11 is 0. The summed E-state index contributed by atoms with van der Waals surface area (Å²) in [6, 6.07) is 13.2. The van der Waals surface area contributed by atoms with Crippen molar-refractivity contribution >= 4 is 33.3 Å². The summed E-state index contributed by atoms with van der Waals surface area (Å²) in [5.41, 5.74) is 1.95. The largest absolute Gasteiger partial charge is 0.452 e. The van der Waals surface area contributed by atoms with Crippen LogP contribution in [0, 0.1) is 0 Å². The second-order valence-corrected chi connectivity index (χ2v) is 10.7. The maximum atomic E-state index is 12.9. The van der Waals surface area contributed by atoms with E-state index in [1.165, 1.54) is 41.4 Å². The SMILES string of the molecule is CC1CCCCN1S(=O)(=O)c1ccc(C(=O)OCC(=O)Nc2ccc(N3CCCC3)cc2)cc1. The van der Waals surface area contributed by atoms with Gasteiger partial charge in [0.15, 0.2) is 6.61 Å². The normalized spacial score (nSPS) is 19.1. The number of sulfonamides is 1. The number of hydrogen-bond donors (Lipinski definition) is 1. The fourth-order valence-corrected chi connectivity index (χ4v) is 6.17. The van der Waals surface area contributed by atoms with Crippen LogP contribution in [0.1, 0.15) is 49.4 Å². The van der Waals surface area contributed by atoms with Crippen molar-refractivity contribution in [3.05, 3.63) is 54.1 Å². The van der Waals surface area contributed by atoms with E-state index in [-0.39, 0.29) is 16.5 Å². The molecule has 1 N–H and O–H groups in total. The summed E-state index contributed by atoms with van der Waals surface area (Å²) in [6.07, 6.45) is 5.10. The monoisotopic (exact) mass is 485 g/mol. The van der Waals surface area contributed by atoms with Gasteiger partial charge in [0.1, 0.15) is 0 Å². The van der Waals surface area contributed by atoms with Crippen LogP contribution in [0.4, 0.5) is 11.4 Å². The maximum absolute atomic E-state index is 12.9. The van der Waals surface area contributed by atoms with E-state index < -0.39 is 28.5 Å². The molecule has 34 heavy (non-hydrogen) atoms. The Hall–Kier alpha value is -2.91. The summed E-state index contributed by atoms with van der Waals surface area (Å²) in [4.78, 5) is 27.0. The fourth-order valence-electron chi connectivity index (χ4n) is 4.47. The first-order valence-corrected chi connectivity index (χ1v) is 13.2. The van der Waals surface area contributed by atoms with Crippen LogP contribution in [0.15, 0.2) is 53.4 Å². The molecule has 2 aliphatic heterocycles. The van der Waals surface area contributed by atoms with Gasteiger partial charge in [0.2, 0.25) is 10.0 Å². The van der Waals surface area contributed by atoms with Crippen LogP contribution in [0.3, 0.4) is 0 Å². The highest BCUT2D eigenvalue weighted by atomic mass is 32.2. The summed E-state index contributed by atoms with van der Waals surface area (Å²) in [5, 5.41) is 2.72. The molecule has 8 nitrogen and oxygen atoms in total. The third kappa shape index (κ3) is 5.59. The van der Waals surface area contributed by atoms with Crippen molar-refractivity contribution in [2.45, 2.75) is 50.0 Å². The van der Waals surface area contributed by atoms with E-state index in [4.69, 9.17) is 4.74 Å². The molecule has 0 aliphatic carbocycles. The number of rotatable bonds is 7. The molecule has 2 fully saturated rings. The van der Waals surface area contributed by atoms with Crippen LogP contribution < -0.4 is 10.2 Å². The van der Waals surface area contributed by atoms with Crippen LogP contribution in [0.25, 0.3) is 0 Å². The molecule has 2 aliphatic rings. The minimum atomic E-state index is -3.61. The molecule has 4 rings (SSSR count). The van der Waals surface area contributed by atoms with Crippen molar-refractivity contribution in [1.29, 1.82) is 0 Å². The molecule has 1 amide bonds. The summed E-state index contributed by atoms with van der Waals surface area (Å²) in [6.45, 7) is 4.08. The van der Waals surface area contributed by atoms with Crippen molar-refractivity contribution in [2.75, 3.05) is 36.5 Å². The number of esters is 1. The molecule has 0 saturated carbocycles. The number of amides is 1. The molecule has 2 aromatic rings. The molecule has 182 valence electrons. The van der Waals surface area contributed by atoms with Gasteiger partial charge in [-0.1, -0.05) is 6.42 Å². The molecule has 0 aromatic heterocycles. The number of anilines is 2. The molecule has 9 heteroatoms. The maximum Gasteiger partial charge on any atom is 0.338 e. The number of piperidine rings is 1. The average Bonchev–Trinajstić information content (AvgIpc) is 3.38. The molecule has 0 radical (unpaired) electrons. The number of ether oxygens (including phenoxy) is 1. The zero-order valence-corrected chi connectivity index (χ0v) is 20.2. The standard InChI is InChI=1S/C25H31N3O5S/c1-19-6-2-3-17-28(19)34(31,32)23-13-7-20(8-14-23)25(30)33-18-24(29)26-21-9-11-22(12-10-21)27-15-4-5-16-27/h7-14,19H,2-6,15-18H2,1H3,(H,26,29). The molecular weight excluding hydrogens is 454 g/mol. The topological polar surface area (TPSA) is 96.0 Å². The lowest BCUT2D eigenvalue weighted by Gasteiger charge is -2.32. The second-order valence-electron chi connectivity index (χ2n) is 8.85. The molecule has 2 saturated heterocycles. The Morgan fingerprint density at radius 3 is 2.24 bits per heavy atom. The number of nitrogens with one attached hydrogen (secondary N) is 1. The molecule has 0 spiro atoms. The zero-order valence-electron chi connectivity index (χ0n) is 19.4. The number of hydrogen-bond acceptors (Lipinski definition) is 6. The summed E-state index contributed by atoms with van der Waals surface area (Å²) in [5.74, 6) is -1.13. The van der Waals surface area contributed by atoms with Crippen molar-refractivity contribution in [2.24, 2.45) is 0 Å². The van der Waals surface area contributed by atoms with Crippen LogP contribution in [0.5, 0.6) is 0 Å². The first-order valence-electron chi connectivity index (χ1n) is 11.8. The Balaban J connectivity index is 1.29. The number of benzene rings is 2. The number of carbonyl (C=O) groups is 2. The fraction of sp³-hybridized carbons (Fsp3) is 0.440. The molecule has 2 heterocycles. The van der Waals surface area contributed by atoms with E-state index in [0.29, 0.717) is 12.2 Å². The predicted molar refractivity (Wildman–Crippen MR) is 130 cm³/mol. The lowest BCUT2D eigenvalue weighted by molar-refractivity contribution is -0.119. The number of nitrogens with zero attached hydrogens (tertiary/aromatic N) is 2. The van der Waals surface area contributed by atoms with Crippen LogP contribution in [-0.4, -0.2) is 56.9 Å². The molecular formula is C25H31N3O5S. The minimum Gasteiger partial charge on any atom is -0.452 e. The van der Waals surface area contributed by atoms with Gasteiger partial charge in [-0.15, -0.1) is 0 Å². The molecule has 2 aromatic carbocycles. The van der Waals surface area contributed by atoms with Gasteiger partial charge in [-0.25, -0.2) is 13.2 Å². The predicted octanol–water partition coefficient (Wildman–Crippen LogP) is 3.65. The van der Waals surface area contributed by atoms with Crippen LogP contribution in [-0.2, 0) is 19.6 Å². The van der Waals surface area contributed by atoms with Crippen LogP contribution >= 0.6 is 0 Å². The highest BCUT2D eigenvalue weighted by molar-refractivity contribution is 7.89. The molecule has 1 unspecified atom stereocenters. The van der Waals surface area contributed by atoms with Crippen molar-refractivity contribution in [3.8, 4) is 0 Å². The van der Waals surface area contributed by atoms with Gasteiger partial charge in [-0.05, 0) is 81.1 Å². The number of carbonyl (C=O) groups excluding carboxylic acids is 2. The third-order valence-corrected chi connectivity index (χ3v) is 8.42. The first kappa shape index (κ1) is 24.2. The van der Waals surface area contributed by atoms with Crippen LogP contribution in [0.2, 0.25) is 0 Å². The van der Waals surface area contributed by atoms with E-state index >= 15 is 0 Å². The van der Waals surface area contributed by atoms with Crippen molar-refractivity contribution < 1.29 is 22.7 Å². The van der Waals surface area contributed by atoms with E-state index in [0.717, 1.165) is 38.0 Å². The lowest BCUT2D eigenvalue weighted by Crippen LogP contribution is -2.41. The van der Waals surface area contributed by atoms with Gasteiger partial charge >= 0.3 is 5.97 Å². The van der Waals surface area contributed by atoms with Gasteiger partial charge in [0, 0.05) is 37.1 Å². The first-order chi connectivity index (χ1) is 16.3. The van der Waals surface area contributed by atoms with E-state index in [2.05, 4.69) is 10.2 Å². The highest BCUT2D eigenvalue weighted by Crippen LogP contribution is 2.25. The Morgan fingerprint density at radius 1 is 0.941 bits per heavy atom. The highest BCUT2D eigenvalue weighted by Gasteiger charge is 2.31. The van der Waals surface area contributed by atoms with Gasteiger partial charge in [-0.3, -0.25) is 4.79 Å². The van der Waals surface area contributed by atoms with E-state index in [1.807, 2.05) is 31.2 Å². The quantitative estimate of drug-likeness (QED) is 0.602. The van der Waals surface area contributed by atoms with E-state index in [9.17, 15) is 18.0 Å². The average molecular weight is 486 g/mol. The Morgan fingerprint density at radius 2 is 1.59 bits per heavy atom. The zero-order chi connectivity index (χ0) is 24.1. The minimum absolute atomic E-state index is 0.0432. The van der Waals surface area contributed by atoms with Crippen molar-refractivity contribution in [3.63, 3.8) is 0 Å². The Kier molecular flexibility index (Phi) is 7.53. The van der Waals surface area contributed by atoms with Gasteiger partial charge in [0.25, 0.3) is 5.91 Å². The van der Waals surface area contributed by atoms with Gasteiger partial charge in [-0.2, -0.15) is 4.31 Å². The van der Waals surface area contributed by atoms with E-state index in [1.54, 1.807) is 0 Å². The third-order valence-electron chi connectivity index (χ3n) is 6.40. The van der Waals surface area contributed by atoms with Crippen molar-refractivity contribution in [1.82, 2.24) is 4.31 Å². The van der Waals surface area contributed by atoms with Gasteiger partial charge < -0.3 is 15.0 Å². The lowest BCUT2D eigenvalue weighted by atomic mass is 10.1.